The second-order valence-electron chi connectivity index (χ2n) is 15.8. The van der Waals surface area contributed by atoms with Gasteiger partial charge in [0.25, 0.3) is 0 Å². The second kappa shape index (κ2) is 16.2. The van der Waals surface area contributed by atoms with Gasteiger partial charge in [-0.05, 0) is 91.4 Å². The number of rotatable bonds is 12. The molecular formula is C44H39F5N6O6. The van der Waals surface area contributed by atoms with Crippen molar-refractivity contribution < 1.29 is 49.8 Å². The van der Waals surface area contributed by atoms with Crippen molar-refractivity contribution in [3.63, 3.8) is 0 Å². The molecule has 6 aromatic rings. The first kappa shape index (κ1) is 41.4. The first-order chi connectivity index (χ1) is 29.1. The lowest BCUT2D eigenvalue weighted by Crippen LogP contribution is -2.59. The quantitative estimate of drug-likeness (QED) is 0.0902. The Labute approximate surface area is 345 Å². The van der Waals surface area contributed by atoms with E-state index >= 15 is 0 Å². The van der Waals surface area contributed by atoms with E-state index in [1.54, 1.807) is 13.0 Å². The van der Waals surface area contributed by atoms with Crippen LogP contribution in [0.2, 0.25) is 0 Å². The minimum Gasteiger partial charge on any atom is -0.460 e. The molecule has 4 aromatic carbocycles. The third-order valence-corrected chi connectivity index (χ3v) is 11.1. The van der Waals surface area contributed by atoms with Crippen LogP contribution in [0.4, 0.5) is 22.0 Å². The Balaban J connectivity index is 1.04. The number of esters is 1. The summed E-state index contributed by atoms with van der Waals surface area (Å²) in [6.07, 6.45) is -3.48. The fourth-order valence-corrected chi connectivity index (χ4v) is 8.18. The van der Waals surface area contributed by atoms with Gasteiger partial charge in [-0.3, -0.25) is 14.5 Å². The molecule has 17 heteroatoms. The summed E-state index contributed by atoms with van der Waals surface area (Å²) in [5.41, 5.74) is 6.80. The van der Waals surface area contributed by atoms with Crippen molar-refractivity contribution in [1.29, 1.82) is 5.26 Å². The second-order valence-corrected chi connectivity index (χ2v) is 15.8. The monoisotopic (exact) mass is 842 g/mol. The van der Waals surface area contributed by atoms with E-state index in [2.05, 4.69) is 16.4 Å². The summed E-state index contributed by atoms with van der Waals surface area (Å²) >= 11 is 0. The van der Waals surface area contributed by atoms with Crippen molar-refractivity contribution in [2.24, 2.45) is 5.41 Å². The van der Waals surface area contributed by atoms with Crippen molar-refractivity contribution >= 4 is 34.1 Å². The number of carbonyl (C=O) groups is 2. The predicted molar refractivity (Wildman–Crippen MR) is 212 cm³/mol. The number of aromatic nitrogens is 2. The SMILES string of the molecule is Cc1c(-c2nc3cc(COC(=O)[C@@H]4CCCN4)c(OC(F)F)cc3o2)cccc1-c1cccc(-c2nc3cc(CN4CC(C)(CNC(=O)C(F)(F)F)C4)cc(C#N)c3o2)c1C. The van der Waals surface area contributed by atoms with E-state index in [1.807, 2.05) is 66.5 Å². The minimum atomic E-state index is -4.94. The van der Waals surface area contributed by atoms with Gasteiger partial charge in [-0.1, -0.05) is 31.2 Å². The fourth-order valence-electron chi connectivity index (χ4n) is 8.18. The summed E-state index contributed by atoms with van der Waals surface area (Å²) in [5, 5.41) is 15.1. The van der Waals surface area contributed by atoms with Crippen LogP contribution in [0.25, 0.3) is 56.2 Å². The van der Waals surface area contributed by atoms with Crippen LogP contribution in [0, 0.1) is 30.6 Å². The number of fused-ring (bicyclic) bond motifs is 2. The molecule has 2 aromatic heterocycles. The zero-order valence-electron chi connectivity index (χ0n) is 33.2. The maximum absolute atomic E-state index is 13.4. The van der Waals surface area contributed by atoms with Gasteiger partial charge >= 0.3 is 24.7 Å². The normalized spacial score (nSPS) is 16.5. The largest absolute Gasteiger partial charge is 0.471 e. The zero-order valence-corrected chi connectivity index (χ0v) is 33.2. The molecule has 1 atom stereocenters. The molecule has 2 fully saturated rings. The Morgan fingerprint density at radius 1 is 0.984 bits per heavy atom. The highest BCUT2D eigenvalue weighted by Crippen LogP contribution is 2.40. The van der Waals surface area contributed by atoms with E-state index in [1.165, 1.54) is 12.1 Å². The van der Waals surface area contributed by atoms with Gasteiger partial charge in [0, 0.05) is 54.4 Å². The van der Waals surface area contributed by atoms with Crippen LogP contribution in [-0.4, -0.2) is 71.8 Å². The van der Waals surface area contributed by atoms with Crippen LogP contribution in [0.15, 0.2) is 69.5 Å². The van der Waals surface area contributed by atoms with Gasteiger partial charge in [0.05, 0.1) is 5.56 Å². The Morgan fingerprint density at radius 3 is 2.26 bits per heavy atom. The maximum Gasteiger partial charge on any atom is 0.471 e. The van der Waals surface area contributed by atoms with Crippen molar-refractivity contribution in [3.8, 4) is 45.9 Å². The summed E-state index contributed by atoms with van der Waals surface area (Å²) in [6.45, 7) is 4.13. The van der Waals surface area contributed by atoms with Crippen LogP contribution in [0.1, 0.15) is 47.6 Å². The summed E-state index contributed by atoms with van der Waals surface area (Å²) < 4.78 is 87.5. The van der Waals surface area contributed by atoms with Crippen molar-refractivity contribution in [3.05, 3.63) is 88.5 Å². The molecule has 61 heavy (non-hydrogen) atoms. The van der Waals surface area contributed by atoms with Gasteiger partial charge in [0.1, 0.15) is 35.5 Å². The van der Waals surface area contributed by atoms with E-state index in [4.69, 9.17) is 23.3 Å². The predicted octanol–water partition coefficient (Wildman–Crippen LogP) is 8.36. The lowest BCUT2D eigenvalue weighted by Gasteiger charge is -2.48. The first-order valence-corrected chi connectivity index (χ1v) is 19.5. The number of amides is 1. The standard InChI is InChI=1S/C44H39F5N6O6/c1-23-28(7-4-9-30(23)38-53-33-15-27(19-58-40(56)32-11-6-12-51-32)35(60-42(45)46)16-36(33)59-38)29-8-5-10-31(24(29)2)39-54-34-14-25(13-26(17-50)37(34)61-39)18-55-21-43(3,22-55)20-52-41(57)44(47,48)49/h4-5,7-10,13-16,32,42,51H,6,11-12,18-22H2,1-3H3,(H,52,57)/t32-/m0/s1. The number of halogens is 5. The topological polar surface area (TPSA) is 156 Å². The van der Waals surface area contributed by atoms with Crippen LogP contribution in [-0.2, 0) is 27.5 Å². The third kappa shape index (κ3) is 8.50. The average Bonchev–Trinajstić information content (AvgIpc) is 3.98. The first-order valence-electron chi connectivity index (χ1n) is 19.5. The molecule has 2 N–H and O–H groups in total. The number of oxazole rings is 2. The van der Waals surface area contributed by atoms with Crippen LogP contribution >= 0.6 is 0 Å². The maximum atomic E-state index is 13.4. The van der Waals surface area contributed by atoms with Gasteiger partial charge in [0.2, 0.25) is 11.8 Å². The van der Waals surface area contributed by atoms with Gasteiger partial charge < -0.3 is 28.9 Å². The third-order valence-electron chi connectivity index (χ3n) is 11.1. The molecule has 2 aliphatic heterocycles. The minimum absolute atomic E-state index is 0.112. The van der Waals surface area contributed by atoms with E-state index in [0.29, 0.717) is 66.2 Å². The Bertz CT molecular complexity index is 2710. The number of benzene rings is 4. The highest BCUT2D eigenvalue weighted by Gasteiger charge is 2.43. The molecule has 4 heterocycles. The number of hydrogen-bond donors (Lipinski definition) is 2. The molecule has 0 saturated carbocycles. The number of hydrogen-bond acceptors (Lipinski definition) is 11. The number of nitrogens with one attached hydrogen (secondary N) is 2. The van der Waals surface area contributed by atoms with Crippen molar-refractivity contribution in [2.75, 3.05) is 26.2 Å². The summed E-state index contributed by atoms with van der Waals surface area (Å²) in [6, 6.07) is 19.4. The lowest BCUT2D eigenvalue weighted by atomic mass is 9.81. The Hall–Kier alpha value is -6.38. The van der Waals surface area contributed by atoms with Gasteiger partial charge in [0.15, 0.2) is 11.2 Å². The molecule has 0 aliphatic carbocycles. The lowest BCUT2D eigenvalue weighted by molar-refractivity contribution is -0.174. The van der Waals surface area contributed by atoms with E-state index in [0.717, 1.165) is 34.2 Å². The van der Waals surface area contributed by atoms with E-state index in [9.17, 15) is 36.8 Å². The number of likely N-dealkylation sites (tertiary alicyclic amines) is 1. The van der Waals surface area contributed by atoms with Crippen LogP contribution in [0.5, 0.6) is 5.75 Å². The summed E-state index contributed by atoms with van der Waals surface area (Å²) in [7, 11) is 0. The zero-order chi connectivity index (χ0) is 43.2. The van der Waals surface area contributed by atoms with Crippen molar-refractivity contribution in [2.45, 2.75) is 65.6 Å². The number of nitrogens with zero attached hydrogens (tertiary/aromatic N) is 4. The summed E-state index contributed by atoms with van der Waals surface area (Å²) in [4.78, 5) is 35.3. The molecule has 2 aliphatic rings. The number of nitriles is 1. The number of carbonyl (C=O) groups excluding carboxylic acids is 2. The molecular weight excluding hydrogens is 804 g/mol. The molecule has 0 radical (unpaired) electrons. The molecule has 2 saturated heterocycles. The number of ether oxygens (including phenoxy) is 2. The smallest absolute Gasteiger partial charge is 0.460 e. The van der Waals surface area contributed by atoms with Gasteiger partial charge in [-0.2, -0.15) is 27.2 Å². The molecule has 0 bridgehead atoms. The number of alkyl halides is 5. The van der Waals surface area contributed by atoms with Crippen molar-refractivity contribution in [1.82, 2.24) is 25.5 Å². The van der Waals surface area contributed by atoms with Gasteiger partial charge in [-0.15, -0.1) is 0 Å². The fraction of sp³-hybridized carbons (Fsp3) is 0.341. The molecule has 0 unspecified atom stereocenters. The van der Waals surface area contributed by atoms with Crippen LogP contribution in [0.3, 0.4) is 0 Å². The Kier molecular flexibility index (Phi) is 11.0. The molecule has 8 rings (SSSR count). The molecule has 12 nitrogen and oxygen atoms in total. The molecule has 0 spiro atoms. The highest BCUT2D eigenvalue weighted by molar-refractivity contribution is 5.87. The van der Waals surface area contributed by atoms with E-state index < -0.39 is 36.1 Å². The average molecular weight is 843 g/mol. The van der Waals surface area contributed by atoms with Crippen LogP contribution < -0.4 is 15.4 Å². The molecule has 316 valence electrons. The Morgan fingerprint density at radius 2 is 1.64 bits per heavy atom. The van der Waals surface area contributed by atoms with Gasteiger partial charge in [-0.25, -0.2) is 9.97 Å². The molecule has 1 amide bonds. The van der Waals surface area contributed by atoms with E-state index in [-0.39, 0.29) is 41.5 Å². The highest BCUT2D eigenvalue weighted by atomic mass is 19.4. The summed E-state index contributed by atoms with van der Waals surface area (Å²) in [5.74, 6) is -2.08.